The Hall–Kier alpha value is -2.63. The molecule has 6 heteroatoms. The minimum atomic E-state index is 0.00642. The first-order chi connectivity index (χ1) is 13.0. The molecule has 0 unspecified atom stereocenters. The number of rotatable bonds is 6. The van der Waals surface area contributed by atoms with Crippen molar-refractivity contribution in [3.05, 3.63) is 41.7 Å². The monoisotopic (exact) mass is 372 g/mol. The number of carbonyl (C=O) groups excluding carboxylic acids is 1. The fourth-order valence-corrected chi connectivity index (χ4v) is 3.57. The molecule has 1 aromatic carbocycles. The largest absolute Gasteiger partial charge is 0.493 e. The first-order valence-corrected chi connectivity index (χ1v) is 9.34. The van der Waals surface area contributed by atoms with Crippen LogP contribution in [0.2, 0.25) is 0 Å². The second-order valence-corrected chi connectivity index (χ2v) is 6.98. The Kier molecular flexibility index (Phi) is 5.94. The van der Waals surface area contributed by atoms with Crippen molar-refractivity contribution < 1.29 is 19.0 Å². The minimum Gasteiger partial charge on any atom is -0.493 e. The SMILES string of the molecule is COc1cccc(OC2CCC(NC(=O)c3ccn(C)c3C)CC2)c1OC. The number of para-hydroxylation sites is 1. The van der Waals surface area contributed by atoms with Gasteiger partial charge in [0.2, 0.25) is 5.75 Å². The minimum absolute atomic E-state index is 0.00642. The Bertz CT molecular complexity index is 791. The van der Waals surface area contributed by atoms with E-state index in [1.54, 1.807) is 14.2 Å². The molecule has 1 aliphatic carbocycles. The maximum Gasteiger partial charge on any atom is 0.253 e. The molecule has 1 N–H and O–H groups in total. The molecule has 3 rings (SSSR count). The van der Waals surface area contributed by atoms with Crippen molar-refractivity contribution >= 4 is 5.91 Å². The van der Waals surface area contributed by atoms with Gasteiger partial charge in [0, 0.05) is 25.0 Å². The summed E-state index contributed by atoms with van der Waals surface area (Å²) in [4.78, 5) is 12.5. The van der Waals surface area contributed by atoms with E-state index >= 15 is 0 Å². The predicted molar refractivity (Wildman–Crippen MR) is 104 cm³/mol. The molecule has 0 bridgehead atoms. The average Bonchev–Trinajstić information content (AvgIpc) is 3.02. The Labute approximate surface area is 160 Å². The number of methoxy groups -OCH3 is 2. The maximum absolute atomic E-state index is 12.5. The molecule has 1 fully saturated rings. The number of ether oxygens (including phenoxy) is 3. The normalized spacial score (nSPS) is 19.4. The zero-order valence-electron chi connectivity index (χ0n) is 16.5. The number of aryl methyl sites for hydroxylation is 1. The molecule has 1 aliphatic rings. The summed E-state index contributed by atoms with van der Waals surface area (Å²) in [5.41, 5.74) is 1.73. The highest BCUT2D eigenvalue weighted by Crippen LogP contribution is 2.38. The van der Waals surface area contributed by atoms with Crippen LogP contribution in [-0.2, 0) is 7.05 Å². The molecule has 0 saturated heterocycles. The van der Waals surface area contributed by atoms with Crippen LogP contribution in [0.15, 0.2) is 30.5 Å². The number of hydrogen-bond acceptors (Lipinski definition) is 4. The van der Waals surface area contributed by atoms with Crippen LogP contribution < -0.4 is 19.5 Å². The van der Waals surface area contributed by atoms with E-state index in [0.717, 1.165) is 36.9 Å². The van der Waals surface area contributed by atoms with Crippen molar-refractivity contribution in [2.45, 2.75) is 44.8 Å². The predicted octanol–water partition coefficient (Wildman–Crippen LogP) is 3.47. The summed E-state index contributed by atoms with van der Waals surface area (Å²) in [5.74, 6) is 1.99. The molecule has 1 heterocycles. The second-order valence-electron chi connectivity index (χ2n) is 6.98. The van der Waals surface area contributed by atoms with Crippen LogP contribution >= 0.6 is 0 Å². The van der Waals surface area contributed by atoms with Gasteiger partial charge in [-0.05, 0) is 50.8 Å². The zero-order chi connectivity index (χ0) is 19.4. The molecule has 1 aromatic heterocycles. The summed E-state index contributed by atoms with van der Waals surface area (Å²) in [5, 5.41) is 3.16. The van der Waals surface area contributed by atoms with Crippen molar-refractivity contribution in [1.82, 2.24) is 9.88 Å². The highest BCUT2D eigenvalue weighted by atomic mass is 16.5. The van der Waals surface area contributed by atoms with Crippen molar-refractivity contribution in [3.63, 3.8) is 0 Å². The summed E-state index contributed by atoms with van der Waals surface area (Å²) >= 11 is 0. The molecule has 0 radical (unpaired) electrons. The van der Waals surface area contributed by atoms with Gasteiger partial charge in [-0.15, -0.1) is 0 Å². The van der Waals surface area contributed by atoms with Gasteiger partial charge in [-0.3, -0.25) is 4.79 Å². The topological polar surface area (TPSA) is 61.7 Å². The molecule has 0 atom stereocenters. The zero-order valence-corrected chi connectivity index (χ0v) is 16.5. The molecule has 2 aromatic rings. The van der Waals surface area contributed by atoms with Crippen LogP contribution in [0, 0.1) is 6.92 Å². The smallest absolute Gasteiger partial charge is 0.253 e. The quantitative estimate of drug-likeness (QED) is 0.843. The first kappa shape index (κ1) is 19.1. The molecular weight excluding hydrogens is 344 g/mol. The lowest BCUT2D eigenvalue weighted by Gasteiger charge is -2.30. The van der Waals surface area contributed by atoms with E-state index in [0.29, 0.717) is 17.2 Å². The van der Waals surface area contributed by atoms with Crippen LogP contribution in [0.5, 0.6) is 17.2 Å². The second kappa shape index (κ2) is 8.37. The number of aromatic nitrogens is 1. The molecule has 0 spiro atoms. The van der Waals surface area contributed by atoms with Crippen molar-refractivity contribution in [2.75, 3.05) is 14.2 Å². The number of nitrogens with one attached hydrogen (secondary N) is 1. The molecule has 1 amide bonds. The van der Waals surface area contributed by atoms with Gasteiger partial charge in [-0.25, -0.2) is 0 Å². The lowest BCUT2D eigenvalue weighted by atomic mass is 9.92. The summed E-state index contributed by atoms with van der Waals surface area (Å²) in [6.45, 7) is 1.96. The fourth-order valence-electron chi connectivity index (χ4n) is 3.57. The third-order valence-corrected chi connectivity index (χ3v) is 5.30. The lowest BCUT2D eigenvalue weighted by Crippen LogP contribution is -2.39. The number of benzene rings is 1. The summed E-state index contributed by atoms with van der Waals surface area (Å²) in [6, 6.07) is 7.69. The van der Waals surface area contributed by atoms with Crippen LogP contribution in [-0.4, -0.2) is 36.8 Å². The van der Waals surface area contributed by atoms with Crippen LogP contribution in [0.1, 0.15) is 41.7 Å². The van der Waals surface area contributed by atoms with E-state index in [9.17, 15) is 4.79 Å². The summed E-state index contributed by atoms with van der Waals surface area (Å²) < 4.78 is 18.9. The molecule has 1 saturated carbocycles. The van der Waals surface area contributed by atoms with Gasteiger partial charge in [0.25, 0.3) is 5.91 Å². The van der Waals surface area contributed by atoms with E-state index < -0.39 is 0 Å². The number of carbonyl (C=O) groups is 1. The van der Waals surface area contributed by atoms with E-state index in [1.807, 2.05) is 49.0 Å². The third-order valence-electron chi connectivity index (χ3n) is 5.30. The lowest BCUT2D eigenvalue weighted by molar-refractivity contribution is 0.0890. The molecule has 0 aliphatic heterocycles. The Morgan fingerprint density at radius 2 is 1.78 bits per heavy atom. The van der Waals surface area contributed by atoms with Gasteiger partial charge in [0.15, 0.2) is 11.5 Å². The van der Waals surface area contributed by atoms with Crippen molar-refractivity contribution in [2.24, 2.45) is 7.05 Å². The van der Waals surface area contributed by atoms with E-state index in [4.69, 9.17) is 14.2 Å². The molecule has 27 heavy (non-hydrogen) atoms. The average molecular weight is 372 g/mol. The summed E-state index contributed by atoms with van der Waals surface area (Å²) in [6.07, 6.45) is 5.59. The molecular formula is C21H28N2O4. The Morgan fingerprint density at radius 1 is 1.07 bits per heavy atom. The summed E-state index contributed by atoms with van der Waals surface area (Å²) in [7, 11) is 5.17. The van der Waals surface area contributed by atoms with Crippen LogP contribution in [0.4, 0.5) is 0 Å². The van der Waals surface area contributed by atoms with E-state index in [1.165, 1.54) is 0 Å². The Balaban J connectivity index is 1.55. The van der Waals surface area contributed by atoms with Gasteiger partial charge >= 0.3 is 0 Å². The number of nitrogens with zero attached hydrogens (tertiary/aromatic N) is 1. The first-order valence-electron chi connectivity index (χ1n) is 9.34. The maximum atomic E-state index is 12.5. The molecule has 6 nitrogen and oxygen atoms in total. The van der Waals surface area contributed by atoms with Crippen molar-refractivity contribution in [3.8, 4) is 17.2 Å². The van der Waals surface area contributed by atoms with Gasteiger partial charge in [-0.2, -0.15) is 0 Å². The van der Waals surface area contributed by atoms with Gasteiger partial charge in [-0.1, -0.05) is 6.07 Å². The highest BCUT2D eigenvalue weighted by molar-refractivity contribution is 5.95. The Morgan fingerprint density at radius 3 is 2.37 bits per heavy atom. The number of hydrogen-bond donors (Lipinski definition) is 1. The van der Waals surface area contributed by atoms with Gasteiger partial charge in [0.05, 0.1) is 25.9 Å². The van der Waals surface area contributed by atoms with E-state index in [-0.39, 0.29) is 18.1 Å². The van der Waals surface area contributed by atoms with Gasteiger partial charge < -0.3 is 24.1 Å². The van der Waals surface area contributed by atoms with Crippen molar-refractivity contribution in [1.29, 1.82) is 0 Å². The van der Waals surface area contributed by atoms with E-state index in [2.05, 4.69) is 5.32 Å². The standard InChI is InChI=1S/C21H28N2O4/c1-14-17(12-13-23(14)2)21(24)22-15-8-10-16(11-9-15)27-19-7-5-6-18(25-3)20(19)26-4/h5-7,12-13,15-16H,8-11H2,1-4H3,(H,22,24). The van der Waals surface area contributed by atoms with Gasteiger partial charge in [0.1, 0.15) is 0 Å². The highest BCUT2D eigenvalue weighted by Gasteiger charge is 2.26. The fraction of sp³-hybridized carbons (Fsp3) is 0.476. The molecule has 146 valence electrons. The third kappa shape index (κ3) is 4.21. The van der Waals surface area contributed by atoms with Crippen LogP contribution in [0.25, 0.3) is 0 Å². The van der Waals surface area contributed by atoms with Crippen LogP contribution in [0.3, 0.4) is 0 Å². The number of amides is 1.